The van der Waals surface area contributed by atoms with Gasteiger partial charge in [0.1, 0.15) is 0 Å². The number of benzene rings is 1. The summed E-state index contributed by atoms with van der Waals surface area (Å²) >= 11 is 8.70. The normalized spacial score (nSPS) is 15.4. The largest absolute Gasteiger partial charge is 0.379 e. The number of nitrogens with zero attached hydrogens (tertiary/aromatic N) is 2. The van der Waals surface area contributed by atoms with Gasteiger partial charge in [0.25, 0.3) is 0 Å². The third-order valence-corrected chi connectivity index (χ3v) is 8.40. The summed E-state index contributed by atoms with van der Waals surface area (Å²) in [6.45, 7) is 1.50. The Labute approximate surface area is 193 Å². The summed E-state index contributed by atoms with van der Waals surface area (Å²) in [6, 6.07) is 10.1. The molecule has 0 aliphatic carbocycles. The molecule has 1 N–H and O–H groups in total. The molecule has 0 saturated carbocycles. The Kier molecular flexibility index (Phi) is 6.85. The number of hydrogen-bond acceptors (Lipinski definition) is 7. The zero-order valence-electron chi connectivity index (χ0n) is 16.2. The van der Waals surface area contributed by atoms with E-state index in [1.54, 1.807) is 36.4 Å². The van der Waals surface area contributed by atoms with Crippen LogP contribution in [-0.4, -0.2) is 49.9 Å². The number of carbonyl (C=O) groups is 1. The van der Waals surface area contributed by atoms with Crippen molar-refractivity contribution in [2.75, 3.05) is 31.6 Å². The van der Waals surface area contributed by atoms with Crippen LogP contribution in [0.3, 0.4) is 0 Å². The van der Waals surface area contributed by atoms with Crippen LogP contribution in [-0.2, 0) is 19.6 Å². The number of ether oxygens (including phenoxy) is 1. The van der Waals surface area contributed by atoms with Gasteiger partial charge in [0.05, 0.1) is 33.0 Å². The molecule has 1 fully saturated rings. The van der Waals surface area contributed by atoms with Gasteiger partial charge in [0.2, 0.25) is 15.9 Å². The molecule has 1 aliphatic rings. The number of carbonyl (C=O) groups excluding carboxylic acids is 1. The summed E-state index contributed by atoms with van der Waals surface area (Å²) < 4.78 is 32.6. The zero-order valence-corrected chi connectivity index (χ0v) is 19.4. The fourth-order valence-corrected chi connectivity index (χ4v) is 6.10. The standard InChI is InChI=1S/C20H18ClN3O4S3/c21-18-7-6-17(30-18)16-13-29-20(22-16)23-19(25)8-3-14-1-4-15(5-2-14)31(26,27)24-9-11-28-12-10-24/h1-8,13H,9-12H2,(H,22,23,25)/b8-3+. The minimum atomic E-state index is -3.53. The highest BCUT2D eigenvalue weighted by Crippen LogP contribution is 2.32. The van der Waals surface area contributed by atoms with Gasteiger partial charge in [-0.1, -0.05) is 23.7 Å². The van der Waals surface area contributed by atoms with Crippen molar-refractivity contribution in [2.24, 2.45) is 0 Å². The number of halogens is 1. The molecular formula is C20H18ClN3O4S3. The van der Waals surface area contributed by atoms with E-state index in [1.807, 2.05) is 11.4 Å². The quantitative estimate of drug-likeness (QED) is 0.518. The van der Waals surface area contributed by atoms with Gasteiger partial charge in [0, 0.05) is 24.5 Å². The molecule has 1 aromatic carbocycles. The molecule has 4 rings (SSSR count). The maximum Gasteiger partial charge on any atom is 0.250 e. The number of anilines is 1. The highest BCUT2D eigenvalue weighted by atomic mass is 35.5. The van der Waals surface area contributed by atoms with E-state index in [0.29, 0.717) is 41.3 Å². The zero-order chi connectivity index (χ0) is 21.8. The van der Waals surface area contributed by atoms with Crippen LogP contribution in [0.5, 0.6) is 0 Å². The van der Waals surface area contributed by atoms with Crippen LogP contribution in [0.1, 0.15) is 5.56 Å². The predicted octanol–water partition coefficient (Wildman–Crippen LogP) is 4.20. The number of thiazole rings is 1. The number of hydrogen-bond donors (Lipinski definition) is 1. The Bertz CT molecular complexity index is 1200. The van der Waals surface area contributed by atoms with Gasteiger partial charge in [-0.3, -0.25) is 10.1 Å². The lowest BCUT2D eigenvalue weighted by Gasteiger charge is -2.26. The van der Waals surface area contributed by atoms with Gasteiger partial charge in [-0.15, -0.1) is 22.7 Å². The first-order valence-electron chi connectivity index (χ1n) is 9.30. The number of rotatable bonds is 6. The topological polar surface area (TPSA) is 88.6 Å². The molecule has 1 saturated heterocycles. The van der Waals surface area contributed by atoms with Crippen molar-refractivity contribution in [2.45, 2.75) is 4.90 Å². The first-order chi connectivity index (χ1) is 14.9. The average molecular weight is 496 g/mol. The smallest absolute Gasteiger partial charge is 0.250 e. The fraction of sp³-hybridized carbons (Fsp3) is 0.200. The van der Waals surface area contributed by atoms with Crippen molar-refractivity contribution in [3.8, 4) is 10.6 Å². The third-order valence-electron chi connectivity index (χ3n) is 4.48. The van der Waals surface area contributed by atoms with Crippen molar-refractivity contribution >= 4 is 61.4 Å². The Hall–Kier alpha value is -2.08. The molecule has 0 atom stereocenters. The van der Waals surface area contributed by atoms with Gasteiger partial charge >= 0.3 is 0 Å². The van der Waals surface area contributed by atoms with Gasteiger partial charge < -0.3 is 4.74 Å². The van der Waals surface area contributed by atoms with Gasteiger partial charge in [-0.25, -0.2) is 13.4 Å². The van der Waals surface area contributed by atoms with Crippen LogP contribution >= 0.6 is 34.3 Å². The lowest BCUT2D eigenvalue weighted by Crippen LogP contribution is -2.40. The van der Waals surface area contributed by atoms with Crippen LogP contribution in [0.25, 0.3) is 16.6 Å². The molecule has 0 spiro atoms. The Morgan fingerprint density at radius 3 is 2.58 bits per heavy atom. The summed E-state index contributed by atoms with van der Waals surface area (Å²) in [6.07, 6.45) is 3.00. The van der Waals surface area contributed by atoms with Gasteiger partial charge in [-0.05, 0) is 35.9 Å². The number of nitrogens with one attached hydrogen (secondary N) is 1. The molecule has 0 unspecified atom stereocenters. The molecule has 1 aliphatic heterocycles. The number of sulfonamides is 1. The lowest BCUT2D eigenvalue weighted by atomic mass is 10.2. The summed E-state index contributed by atoms with van der Waals surface area (Å²) in [5.41, 5.74) is 1.47. The van der Waals surface area contributed by atoms with E-state index in [4.69, 9.17) is 16.3 Å². The summed E-state index contributed by atoms with van der Waals surface area (Å²) in [5.74, 6) is -0.324. The monoisotopic (exact) mass is 495 g/mol. The molecule has 11 heteroatoms. The summed E-state index contributed by atoms with van der Waals surface area (Å²) in [5, 5.41) is 5.07. The van der Waals surface area contributed by atoms with Crippen LogP contribution in [0.15, 0.2) is 52.7 Å². The molecule has 2 aromatic heterocycles. The van der Waals surface area contributed by atoms with Crippen LogP contribution in [0.2, 0.25) is 4.34 Å². The van der Waals surface area contributed by atoms with Gasteiger partial charge in [-0.2, -0.15) is 4.31 Å². The SMILES string of the molecule is O=C(/C=C/c1ccc(S(=O)(=O)N2CCOCC2)cc1)Nc1nc(-c2ccc(Cl)s2)cs1. The van der Waals surface area contributed by atoms with E-state index >= 15 is 0 Å². The molecule has 3 aromatic rings. The van der Waals surface area contributed by atoms with Crippen LogP contribution < -0.4 is 5.32 Å². The molecule has 7 nitrogen and oxygen atoms in total. The number of morpholine rings is 1. The van der Waals surface area contributed by atoms with E-state index < -0.39 is 10.0 Å². The molecule has 31 heavy (non-hydrogen) atoms. The number of aromatic nitrogens is 1. The average Bonchev–Trinajstić information content (AvgIpc) is 3.42. The number of thiophene rings is 1. The highest BCUT2D eigenvalue weighted by molar-refractivity contribution is 7.89. The lowest BCUT2D eigenvalue weighted by molar-refractivity contribution is -0.111. The van der Waals surface area contributed by atoms with Crippen molar-refractivity contribution in [1.82, 2.24) is 9.29 Å². The second-order valence-electron chi connectivity index (χ2n) is 6.55. The summed E-state index contributed by atoms with van der Waals surface area (Å²) in [7, 11) is -3.53. The van der Waals surface area contributed by atoms with Crippen molar-refractivity contribution in [1.29, 1.82) is 0 Å². The molecule has 162 valence electrons. The Morgan fingerprint density at radius 1 is 1.16 bits per heavy atom. The Morgan fingerprint density at radius 2 is 1.90 bits per heavy atom. The molecular weight excluding hydrogens is 478 g/mol. The number of amides is 1. The molecule has 0 radical (unpaired) electrons. The van der Waals surface area contributed by atoms with Crippen LogP contribution in [0.4, 0.5) is 5.13 Å². The van der Waals surface area contributed by atoms with E-state index in [1.165, 1.54) is 33.1 Å². The van der Waals surface area contributed by atoms with E-state index in [0.717, 1.165) is 10.6 Å². The van der Waals surface area contributed by atoms with Crippen molar-refractivity contribution < 1.29 is 17.9 Å². The second kappa shape index (κ2) is 9.60. The minimum Gasteiger partial charge on any atom is -0.379 e. The fourth-order valence-electron chi connectivity index (χ4n) is 2.90. The van der Waals surface area contributed by atoms with Crippen molar-refractivity contribution in [3.63, 3.8) is 0 Å². The molecule has 3 heterocycles. The van der Waals surface area contributed by atoms with Crippen LogP contribution in [0, 0.1) is 0 Å². The van der Waals surface area contributed by atoms with E-state index in [9.17, 15) is 13.2 Å². The van der Waals surface area contributed by atoms with E-state index in [2.05, 4.69) is 10.3 Å². The first kappa shape index (κ1) is 22.1. The molecule has 0 bridgehead atoms. The van der Waals surface area contributed by atoms with Crippen molar-refractivity contribution in [3.05, 3.63) is 57.8 Å². The first-order valence-corrected chi connectivity index (χ1v) is 12.8. The minimum absolute atomic E-state index is 0.222. The predicted molar refractivity (Wildman–Crippen MR) is 124 cm³/mol. The highest BCUT2D eigenvalue weighted by Gasteiger charge is 2.25. The van der Waals surface area contributed by atoms with Gasteiger partial charge in [0.15, 0.2) is 5.13 Å². The Balaban J connectivity index is 1.37. The maximum absolute atomic E-state index is 12.6. The maximum atomic E-state index is 12.6. The molecule has 1 amide bonds. The second-order valence-corrected chi connectivity index (χ2v) is 11.1. The van der Waals surface area contributed by atoms with E-state index in [-0.39, 0.29) is 10.8 Å². The summed E-state index contributed by atoms with van der Waals surface area (Å²) in [4.78, 5) is 17.8. The third kappa shape index (κ3) is 5.40.